The molecular weight excluding hydrogens is 469 g/mol. The first-order valence-corrected chi connectivity index (χ1v) is 12.9. The highest BCUT2D eigenvalue weighted by molar-refractivity contribution is 7.89. The number of rotatable bonds is 3. The van der Waals surface area contributed by atoms with Crippen LogP contribution in [0, 0.1) is 5.92 Å². The minimum atomic E-state index is -3.55. The highest BCUT2D eigenvalue weighted by Gasteiger charge is 2.40. The molecule has 1 saturated heterocycles. The maximum absolute atomic E-state index is 13.3. The molecular formula is C23H25Cl2N3O3S. The van der Waals surface area contributed by atoms with E-state index >= 15 is 0 Å². The number of phenols is 1. The Labute approximate surface area is 198 Å². The van der Waals surface area contributed by atoms with Crippen molar-refractivity contribution in [2.24, 2.45) is 5.92 Å². The van der Waals surface area contributed by atoms with E-state index < -0.39 is 10.0 Å². The van der Waals surface area contributed by atoms with Crippen LogP contribution in [0.4, 0.5) is 5.69 Å². The summed E-state index contributed by atoms with van der Waals surface area (Å²) in [4.78, 5) is 2.46. The van der Waals surface area contributed by atoms with Crippen molar-refractivity contribution in [3.05, 3.63) is 63.7 Å². The van der Waals surface area contributed by atoms with E-state index in [-0.39, 0.29) is 28.6 Å². The van der Waals surface area contributed by atoms with Gasteiger partial charge in [0.2, 0.25) is 10.0 Å². The molecule has 1 fully saturated rings. The van der Waals surface area contributed by atoms with Crippen molar-refractivity contribution in [3.63, 3.8) is 0 Å². The second-order valence-corrected chi connectivity index (χ2v) is 11.5. The van der Waals surface area contributed by atoms with Gasteiger partial charge in [-0.15, -0.1) is 0 Å². The largest absolute Gasteiger partial charge is 0.506 e. The van der Waals surface area contributed by atoms with Crippen molar-refractivity contribution in [1.82, 2.24) is 9.21 Å². The Morgan fingerprint density at radius 2 is 1.81 bits per heavy atom. The second-order valence-electron chi connectivity index (χ2n) is 8.76. The molecule has 1 aliphatic carbocycles. The van der Waals surface area contributed by atoms with Crippen molar-refractivity contribution in [3.8, 4) is 5.75 Å². The summed E-state index contributed by atoms with van der Waals surface area (Å²) in [6.07, 6.45) is 5.05. The molecule has 0 bridgehead atoms. The molecule has 2 aromatic rings. The molecule has 170 valence electrons. The third-order valence-electron chi connectivity index (χ3n) is 6.83. The molecule has 0 radical (unpaired) electrons. The molecule has 0 amide bonds. The van der Waals surface area contributed by atoms with Crippen LogP contribution < -0.4 is 5.32 Å². The zero-order valence-corrected chi connectivity index (χ0v) is 20.0. The molecule has 0 aromatic heterocycles. The van der Waals surface area contributed by atoms with Crippen LogP contribution in [0.15, 0.2) is 47.4 Å². The van der Waals surface area contributed by atoms with E-state index in [1.807, 2.05) is 19.2 Å². The molecule has 3 aliphatic rings. The fourth-order valence-electron chi connectivity index (χ4n) is 5.04. The summed E-state index contributed by atoms with van der Waals surface area (Å²) in [5.74, 6) is 0.178. The van der Waals surface area contributed by atoms with Crippen LogP contribution in [0.5, 0.6) is 5.75 Å². The number of nitrogens with zero attached hydrogens (tertiary/aromatic N) is 2. The topological polar surface area (TPSA) is 72.9 Å². The fourth-order valence-corrected chi connectivity index (χ4v) is 7.01. The summed E-state index contributed by atoms with van der Waals surface area (Å²) in [5.41, 5.74) is 2.47. The van der Waals surface area contributed by atoms with Crippen LogP contribution in [0.2, 0.25) is 10.0 Å². The van der Waals surface area contributed by atoms with Crippen molar-refractivity contribution < 1.29 is 13.5 Å². The van der Waals surface area contributed by atoms with Gasteiger partial charge in [-0.25, -0.2) is 8.42 Å². The summed E-state index contributed by atoms with van der Waals surface area (Å²) in [6.45, 7) is 2.45. The number of likely N-dealkylation sites (N-methyl/N-ethyl adjacent to an activating group) is 1. The van der Waals surface area contributed by atoms with Crippen molar-refractivity contribution in [2.75, 3.05) is 38.5 Å². The minimum absolute atomic E-state index is 0.0249. The Kier molecular flexibility index (Phi) is 5.66. The van der Waals surface area contributed by atoms with Crippen LogP contribution in [-0.4, -0.2) is 56.0 Å². The number of allylic oxidation sites excluding steroid dienone is 2. The Balaban J connectivity index is 1.52. The first-order chi connectivity index (χ1) is 15.3. The van der Waals surface area contributed by atoms with E-state index in [1.54, 1.807) is 16.4 Å². The van der Waals surface area contributed by atoms with Crippen molar-refractivity contribution in [2.45, 2.75) is 23.3 Å². The van der Waals surface area contributed by atoms with Gasteiger partial charge in [-0.3, -0.25) is 0 Å². The zero-order chi connectivity index (χ0) is 22.6. The van der Waals surface area contributed by atoms with Gasteiger partial charge >= 0.3 is 0 Å². The van der Waals surface area contributed by atoms with E-state index in [1.165, 1.54) is 6.07 Å². The number of hydrogen-bond donors (Lipinski definition) is 2. The summed E-state index contributed by atoms with van der Waals surface area (Å²) in [7, 11) is -1.55. The molecule has 0 spiro atoms. The van der Waals surface area contributed by atoms with Gasteiger partial charge in [-0.2, -0.15) is 4.31 Å². The van der Waals surface area contributed by atoms with Gasteiger partial charge in [0.25, 0.3) is 0 Å². The molecule has 3 atom stereocenters. The molecule has 3 unspecified atom stereocenters. The number of benzene rings is 2. The van der Waals surface area contributed by atoms with Crippen LogP contribution in [0.1, 0.15) is 29.5 Å². The predicted molar refractivity (Wildman–Crippen MR) is 127 cm³/mol. The molecule has 2 heterocycles. The predicted octanol–water partition coefficient (Wildman–Crippen LogP) is 4.46. The lowest BCUT2D eigenvalue weighted by atomic mass is 9.77. The number of halogens is 2. The van der Waals surface area contributed by atoms with Gasteiger partial charge in [0.05, 0.1) is 16.0 Å². The molecule has 2 N–H and O–H groups in total. The number of anilines is 1. The molecule has 32 heavy (non-hydrogen) atoms. The van der Waals surface area contributed by atoms with Gasteiger partial charge in [-0.1, -0.05) is 35.4 Å². The fraction of sp³-hybridized carbons (Fsp3) is 0.391. The van der Waals surface area contributed by atoms with Crippen LogP contribution in [-0.2, 0) is 10.0 Å². The smallest absolute Gasteiger partial charge is 0.243 e. The van der Waals surface area contributed by atoms with E-state index in [0.29, 0.717) is 28.6 Å². The third kappa shape index (κ3) is 3.70. The van der Waals surface area contributed by atoms with Crippen LogP contribution >= 0.6 is 23.2 Å². The maximum atomic E-state index is 13.3. The van der Waals surface area contributed by atoms with Crippen LogP contribution in [0.3, 0.4) is 0 Å². The Bertz CT molecular complexity index is 1190. The van der Waals surface area contributed by atoms with Crippen molar-refractivity contribution >= 4 is 38.9 Å². The maximum Gasteiger partial charge on any atom is 0.243 e. The summed E-state index contributed by atoms with van der Waals surface area (Å²) < 4.78 is 28.1. The van der Waals surface area contributed by atoms with E-state index in [2.05, 4.69) is 22.4 Å². The molecule has 0 saturated carbocycles. The standard InChI is InChI=1S/C23H25Cl2N3O3S/c1-27-7-9-28(10-8-27)32(30,31)15-5-6-21-18(13-15)16-3-2-4-17(16)22(26-21)19-11-14(24)12-20(25)23(19)29/h2-3,5-6,11-13,16-17,22,26,29H,4,7-10H2,1H3. The number of phenolic OH excluding ortho intramolecular Hbond substituents is 1. The van der Waals surface area contributed by atoms with E-state index in [9.17, 15) is 13.5 Å². The lowest BCUT2D eigenvalue weighted by Gasteiger charge is -2.38. The quantitative estimate of drug-likeness (QED) is 0.617. The Hall–Kier alpha value is -1.77. The van der Waals surface area contributed by atoms with Crippen molar-refractivity contribution in [1.29, 1.82) is 0 Å². The van der Waals surface area contributed by atoms with Gasteiger partial charge in [0.15, 0.2) is 0 Å². The molecule has 5 rings (SSSR count). The average Bonchev–Trinajstić information content (AvgIpc) is 3.26. The zero-order valence-electron chi connectivity index (χ0n) is 17.6. The van der Waals surface area contributed by atoms with Gasteiger partial charge in [0.1, 0.15) is 5.75 Å². The SMILES string of the molecule is CN1CCN(S(=O)(=O)c2ccc3c(c2)C2C=CCC2C(c2cc(Cl)cc(Cl)c2O)N3)CC1. The highest BCUT2D eigenvalue weighted by atomic mass is 35.5. The monoisotopic (exact) mass is 493 g/mol. The normalized spacial score (nSPS) is 25.9. The van der Waals surface area contributed by atoms with E-state index in [0.717, 1.165) is 30.8 Å². The molecule has 9 heteroatoms. The molecule has 6 nitrogen and oxygen atoms in total. The lowest BCUT2D eigenvalue weighted by Crippen LogP contribution is -2.47. The first kappa shape index (κ1) is 22.0. The highest BCUT2D eigenvalue weighted by Crippen LogP contribution is 2.52. The molecule has 2 aliphatic heterocycles. The lowest BCUT2D eigenvalue weighted by molar-refractivity contribution is 0.222. The van der Waals surface area contributed by atoms with E-state index in [4.69, 9.17) is 23.2 Å². The minimum Gasteiger partial charge on any atom is -0.506 e. The third-order valence-corrected chi connectivity index (χ3v) is 9.23. The number of hydrogen-bond acceptors (Lipinski definition) is 5. The number of nitrogens with one attached hydrogen (secondary N) is 1. The summed E-state index contributed by atoms with van der Waals surface area (Å²) in [5, 5.41) is 14.8. The average molecular weight is 494 g/mol. The first-order valence-electron chi connectivity index (χ1n) is 10.7. The Morgan fingerprint density at radius 3 is 2.56 bits per heavy atom. The van der Waals surface area contributed by atoms with Gasteiger partial charge in [0, 0.05) is 48.4 Å². The van der Waals surface area contributed by atoms with Crippen LogP contribution in [0.25, 0.3) is 0 Å². The number of fused-ring (bicyclic) bond motifs is 3. The van der Waals surface area contributed by atoms with Gasteiger partial charge in [-0.05, 0) is 55.3 Å². The van der Waals surface area contributed by atoms with Gasteiger partial charge < -0.3 is 15.3 Å². The molecule has 2 aromatic carbocycles. The number of sulfonamides is 1. The number of aromatic hydroxyl groups is 1. The Morgan fingerprint density at radius 1 is 1.06 bits per heavy atom. The summed E-state index contributed by atoms with van der Waals surface area (Å²) in [6, 6.07) is 8.38. The number of piperazine rings is 1. The summed E-state index contributed by atoms with van der Waals surface area (Å²) >= 11 is 12.4. The second kappa shape index (κ2) is 8.22.